The van der Waals surface area contributed by atoms with E-state index in [1.165, 1.54) is 6.92 Å². The van der Waals surface area contributed by atoms with Crippen molar-refractivity contribution >= 4 is 28.6 Å². The minimum absolute atomic E-state index is 0.0221. The summed E-state index contributed by atoms with van der Waals surface area (Å²) in [6.07, 6.45) is 4.51. The van der Waals surface area contributed by atoms with Crippen molar-refractivity contribution in [1.29, 1.82) is 0 Å². The summed E-state index contributed by atoms with van der Waals surface area (Å²) in [6, 6.07) is 3.36. The van der Waals surface area contributed by atoms with E-state index < -0.39 is 12.6 Å². The van der Waals surface area contributed by atoms with Gasteiger partial charge in [-0.1, -0.05) is 19.8 Å². The van der Waals surface area contributed by atoms with Crippen molar-refractivity contribution in [3.8, 4) is 0 Å². The van der Waals surface area contributed by atoms with Crippen molar-refractivity contribution in [2.75, 3.05) is 17.7 Å². The molecule has 2 aromatic rings. The largest absolute Gasteiger partial charge is 0.368 e. The number of nitrogens with one attached hydrogen (secondary N) is 1. The number of rotatable bonds is 9. The monoisotopic (exact) mass is 333 g/mol. The van der Waals surface area contributed by atoms with Gasteiger partial charge in [0.1, 0.15) is 11.3 Å². The third kappa shape index (κ3) is 4.59. The van der Waals surface area contributed by atoms with Crippen LogP contribution in [0.2, 0.25) is 0 Å². The van der Waals surface area contributed by atoms with Crippen LogP contribution in [0.4, 0.5) is 16.2 Å². The van der Waals surface area contributed by atoms with Gasteiger partial charge in [0.05, 0.1) is 12.2 Å². The number of nitrogen functional groups attached to an aromatic ring is 1. The Morgan fingerprint density at radius 2 is 2.21 bits per heavy atom. The van der Waals surface area contributed by atoms with Crippen LogP contribution in [0.5, 0.6) is 0 Å². The maximum Gasteiger partial charge on any atom is 0.222 e. The van der Waals surface area contributed by atoms with Crippen LogP contribution in [-0.2, 0) is 4.79 Å². The van der Waals surface area contributed by atoms with Crippen molar-refractivity contribution in [2.45, 2.75) is 45.6 Å². The normalized spacial score (nSPS) is 13.6. The molecule has 3 N–H and O–H groups in total. The predicted octanol–water partition coefficient (Wildman–Crippen LogP) is 3.14. The SMILES string of the molecule is CCCC[C@@H](Nc1nc(N)nc2cccnc12)C(CF)CC(C)=O. The number of hydrogen-bond acceptors (Lipinski definition) is 6. The quantitative estimate of drug-likeness (QED) is 0.732. The number of Topliss-reactive ketones (excluding diaryl/α,β-unsaturated/α-hetero) is 1. The molecule has 7 heteroatoms. The lowest BCUT2D eigenvalue weighted by molar-refractivity contribution is -0.118. The molecular weight excluding hydrogens is 309 g/mol. The lowest BCUT2D eigenvalue weighted by Crippen LogP contribution is -2.32. The van der Waals surface area contributed by atoms with Crippen LogP contribution in [-0.4, -0.2) is 33.5 Å². The molecule has 0 saturated heterocycles. The van der Waals surface area contributed by atoms with Gasteiger partial charge in [0, 0.05) is 24.6 Å². The molecule has 130 valence electrons. The maximum atomic E-state index is 13.5. The lowest BCUT2D eigenvalue weighted by atomic mass is 9.91. The van der Waals surface area contributed by atoms with E-state index in [2.05, 4.69) is 27.2 Å². The molecule has 2 rings (SSSR count). The number of fused-ring (bicyclic) bond motifs is 1. The van der Waals surface area contributed by atoms with Gasteiger partial charge < -0.3 is 15.8 Å². The molecule has 24 heavy (non-hydrogen) atoms. The number of carbonyl (C=O) groups excluding carboxylic acids is 1. The van der Waals surface area contributed by atoms with E-state index in [4.69, 9.17) is 5.73 Å². The van der Waals surface area contributed by atoms with Crippen molar-refractivity contribution in [1.82, 2.24) is 15.0 Å². The minimum Gasteiger partial charge on any atom is -0.368 e. The number of anilines is 2. The molecule has 2 aromatic heterocycles. The fraction of sp³-hybridized carbons (Fsp3) is 0.529. The molecule has 0 fully saturated rings. The van der Waals surface area contributed by atoms with E-state index in [1.54, 1.807) is 18.3 Å². The van der Waals surface area contributed by atoms with E-state index >= 15 is 0 Å². The molecule has 0 bridgehead atoms. The van der Waals surface area contributed by atoms with Crippen LogP contribution in [0.15, 0.2) is 18.3 Å². The van der Waals surface area contributed by atoms with Crippen LogP contribution in [0.3, 0.4) is 0 Å². The Morgan fingerprint density at radius 1 is 1.42 bits per heavy atom. The number of hydrogen-bond donors (Lipinski definition) is 2. The van der Waals surface area contributed by atoms with Gasteiger partial charge in [0.2, 0.25) is 5.95 Å². The summed E-state index contributed by atoms with van der Waals surface area (Å²) in [5.74, 6) is 0.201. The number of nitrogens with zero attached hydrogens (tertiary/aromatic N) is 3. The first-order valence-corrected chi connectivity index (χ1v) is 8.25. The molecule has 0 amide bonds. The number of halogens is 1. The molecule has 0 spiro atoms. The molecule has 0 aliphatic carbocycles. The summed E-state index contributed by atoms with van der Waals surface area (Å²) in [5, 5.41) is 3.27. The lowest BCUT2D eigenvalue weighted by Gasteiger charge is -2.26. The van der Waals surface area contributed by atoms with Crippen molar-refractivity contribution in [3.63, 3.8) is 0 Å². The molecule has 0 saturated carbocycles. The van der Waals surface area contributed by atoms with Crippen molar-refractivity contribution in [2.24, 2.45) is 5.92 Å². The Bertz CT molecular complexity index is 694. The van der Waals surface area contributed by atoms with Gasteiger partial charge >= 0.3 is 0 Å². The van der Waals surface area contributed by atoms with E-state index in [9.17, 15) is 9.18 Å². The smallest absolute Gasteiger partial charge is 0.222 e. The van der Waals surface area contributed by atoms with Crippen LogP contribution in [0, 0.1) is 5.92 Å². The molecule has 2 heterocycles. The summed E-state index contributed by atoms with van der Waals surface area (Å²) in [7, 11) is 0. The maximum absolute atomic E-state index is 13.5. The highest BCUT2D eigenvalue weighted by molar-refractivity contribution is 5.86. The number of aromatic nitrogens is 3. The number of alkyl halides is 1. The number of ketones is 1. The van der Waals surface area contributed by atoms with Crippen LogP contribution >= 0.6 is 0 Å². The fourth-order valence-corrected chi connectivity index (χ4v) is 2.78. The third-order valence-corrected chi connectivity index (χ3v) is 3.98. The molecular formula is C17H24FN5O. The molecule has 0 aliphatic rings. The molecule has 0 radical (unpaired) electrons. The average Bonchev–Trinajstić information content (AvgIpc) is 2.56. The first-order valence-electron chi connectivity index (χ1n) is 8.25. The Morgan fingerprint density at radius 3 is 2.88 bits per heavy atom. The van der Waals surface area contributed by atoms with Crippen LogP contribution < -0.4 is 11.1 Å². The Hall–Kier alpha value is -2.31. The van der Waals surface area contributed by atoms with Crippen LogP contribution in [0.1, 0.15) is 39.5 Å². The summed E-state index contributed by atoms with van der Waals surface area (Å²) in [6.45, 7) is 3.00. The Kier molecular flexibility index (Phi) is 6.40. The van der Waals surface area contributed by atoms with Gasteiger partial charge in [-0.2, -0.15) is 4.98 Å². The Balaban J connectivity index is 2.33. The van der Waals surface area contributed by atoms with Gasteiger partial charge in [-0.25, -0.2) is 4.98 Å². The van der Waals surface area contributed by atoms with Gasteiger partial charge in [0.15, 0.2) is 5.82 Å². The standard InChI is InChI=1S/C17H24FN5O/c1-3-4-6-13(12(10-18)9-11(2)24)21-16-15-14(7-5-8-20-15)22-17(19)23-16/h5,7-8,12-13H,3-4,6,9-10H2,1-2H3,(H3,19,21,22,23)/t12?,13-/m1/s1. The number of pyridine rings is 1. The molecule has 1 unspecified atom stereocenters. The van der Waals surface area contributed by atoms with Gasteiger partial charge in [0.25, 0.3) is 0 Å². The second kappa shape index (κ2) is 8.52. The highest BCUT2D eigenvalue weighted by Gasteiger charge is 2.24. The zero-order valence-corrected chi connectivity index (χ0v) is 14.1. The average molecular weight is 333 g/mol. The van der Waals surface area contributed by atoms with Gasteiger partial charge in [-0.05, 0) is 25.5 Å². The highest BCUT2D eigenvalue weighted by Crippen LogP contribution is 2.24. The van der Waals surface area contributed by atoms with Crippen molar-refractivity contribution < 1.29 is 9.18 Å². The first kappa shape index (κ1) is 18.0. The van der Waals surface area contributed by atoms with Crippen molar-refractivity contribution in [3.05, 3.63) is 18.3 Å². The fourth-order valence-electron chi connectivity index (χ4n) is 2.78. The zero-order valence-electron chi connectivity index (χ0n) is 14.1. The second-order valence-corrected chi connectivity index (χ2v) is 6.02. The van der Waals surface area contributed by atoms with Gasteiger partial charge in [-0.3, -0.25) is 9.37 Å². The molecule has 0 aliphatic heterocycles. The first-order chi connectivity index (χ1) is 11.5. The predicted molar refractivity (Wildman–Crippen MR) is 93.4 cm³/mol. The van der Waals surface area contributed by atoms with E-state index in [0.717, 1.165) is 19.3 Å². The van der Waals surface area contributed by atoms with E-state index in [-0.39, 0.29) is 24.2 Å². The van der Waals surface area contributed by atoms with E-state index in [0.29, 0.717) is 16.9 Å². The minimum atomic E-state index is -0.563. The summed E-state index contributed by atoms with van der Waals surface area (Å²) in [5.41, 5.74) is 6.99. The molecule has 2 atom stereocenters. The summed E-state index contributed by atoms with van der Waals surface area (Å²) in [4.78, 5) is 24.1. The topological polar surface area (TPSA) is 93.8 Å². The third-order valence-electron chi connectivity index (χ3n) is 3.98. The zero-order chi connectivity index (χ0) is 17.5. The highest BCUT2D eigenvalue weighted by atomic mass is 19.1. The number of nitrogens with two attached hydrogens (primary N) is 1. The number of carbonyl (C=O) groups is 1. The summed E-state index contributed by atoms with van der Waals surface area (Å²) < 4.78 is 13.5. The Labute approximate surface area is 141 Å². The molecule has 6 nitrogen and oxygen atoms in total. The number of unbranched alkanes of at least 4 members (excludes halogenated alkanes) is 1. The van der Waals surface area contributed by atoms with E-state index in [1.807, 2.05) is 0 Å². The second-order valence-electron chi connectivity index (χ2n) is 6.02. The summed E-state index contributed by atoms with van der Waals surface area (Å²) >= 11 is 0. The van der Waals surface area contributed by atoms with Gasteiger partial charge in [-0.15, -0.1) is 0 Å². The molecule has 0 aromatic carbocycles. The van der Waals surface area contributed by atoms with Crippen LogP contribution in [0.25, 0.3) is 11.0 Å².